The molecule has 0 spiro atoms. The second-order valence-corrected chi connectivity index (χ2v) is 9.61. The Balaban J connectivity index is 1.56. The molecule has 31 heavy (non-hydrogen) atoms. The second kappa shape index (κ2) is 7.27. The van der Waals surface area contributed by atoms with Gasteiger partial charge in [-0.25, -0.2) is 4.79 Å². The zero-order valence-electron chi connectivity index (χ0n) is 17.6. The van der Waals surface area contributed by atoms with Gasteiger partial charge in [-0.1, -0.05) is 48.0 Å². The molecule has 4 heteroatoms. The van der Waals surface area contributed by atoms with Crippen LogP contribution in [0.15, 0.2) is 60.7 Å². The summed E-state index contributed by atoms with van der Waals surface area (Å²) < 4.78 is 5.39. The maximum Gasteiger partial charge on any atom is 0.338 e. The Morgan fingerprint density at radius 3 is 2.55 bits per heavy atom. The van der Waals surface area contributed by atoms with Gasteiger partial charge >= 0.3 is 5.97 Å². The quantitative estimate of drug-likeness (QED) is 0.415. The molecule has 5 atom stereocenters. The average Bonchev–Trinajstić information content (AvgIpc) is 3.44. The molecule has 0 N–H and O–H groups in total. The maximum atomic E-state index is 12.7. The SMILES string of the molecule is CCOC(=O)c1cc2c3c(c1)[C@@H]1C=CC[C@@H]1[C@H](c1ccc(Cl)cc1)N3C[C@H]1CC=C[C@H]21. The van der Waals surface area contributed by atoms with Crippen molar-refractivity contribution < 1.29 is 9.53 Å². The van der Waals surface area contributed by atoms with E-state index in [9.17, 15) is 4.79 Å². The Kier molecular flexibility index (Phi) is 4.50. The van der Waals surface area contributed by atoms with E-state index in [0.29, 0.717) is 41.9 Å². The van der Waals surface area contributed by atoms with E-state index in [-0.39, 0.29) is 5.97 Å². The third-order valence-corrected chi connectivity index (χ3v) is 7.82. The number of anilines is 1. The van der Waals surface area contributed by atoms with E-state index in [1.165, 1.54) is 22.4 Å². The molecule has 6 rings (SSSR count). The van der Waals surface area contributed by atoms with Crippen LogP contribution in [0.25, 0.3) is 0 Å². The third kappa shape index (κ3) is 2.90. The van der Waals surface area contributed by atoms with Crippen molar-refractivity contribution in [3.8, 4) is 0 Å². The van der Waals surface area contributed by atoms with Gasteiger partial charge in [-0.3, -0.25) is 0 Å². The number of hydrogen-bond donors (Lipinski definition) is 0. The molecule has 0 unspecified atom stereocenters. The summed E-state index contributed by atoms with van der Waals surface area (Å²) in [6.45, 7) is 3.31. The molecule has 0 aromatic heterocycles. The van der Waals surface area contributed by atoms with E-state index < -0.39 is 0 Å². The second-order valence-electron chi connectivity index (χ2n) is 9.18. The van der Waals surface area contributed by atoms with Crippen molar-refractivity contribution in [3.63, 3.8) is 0 Å². The highest BCUT2D eigenvalue weighted by Gasteiger charge is 2.48. The lowest BCUT2D eigenvalue weighted by molar-refractivity contribution is 0.0526. The highest BCUT2D eigenvalue weighted by atomic mass is 35.5. The highest BCUT2D eigenvalue weighted by molar-refractivity contribution is 6.30. The Morgan fingerprint density at radius 2 is 1.77 bits per heavy atom. The van der Waals surface area contributed by atoms with Crippen molar-refractivity contribution in [2.24, 2.45) is 11.8 Å². The Bertz CT molecular complexity index is 1090. The molecule has 0 saturated heterocycles. The smallest absolute Gasteiger partial charge is 0.338 e. The largest absolute Gasteiger partial charge is 0.462 e. The van der Waals surface area contributed by atoms with Gasteiger partial charge in [0.1, 0.15) is 0 Å². The van der Waals surface area contributed by atoms with Crippen LogP contribution in [0.4, 0.5) is 5.69 Å². The molecule has 0 amide bonds. The van der Waals surface area contributed by atoms with Crippen molar-refractivity contribution in [2.45, 2.75) is 37.6 Å². The fourth-order valence-electron chi connectivity index (χ4n) is 6.35. The minimum atomic E-state index is -0.212. The average molecular weight is 432 g/mol. The first-order valence-electron chi connectivity index (χ1n) is 11.4. The van der Waals surface area contributed by atoms with Crippen molar-refractivity contribution >= 4 is 23.3 Å². The summed E-state index contributed by atoms with van der Waals surface area (Å²) in [6, 6.07) is 12.9. The topological polar surface area (TPSA) is 29.5 Å². The number of nitrogens with zero attached hydrogens (tertiary/aromatic N) is 1. The van der Waals surface area contributed by atoms with Crippen LogP contribution in [0.3, 0.4) is 0 Å². The summed E-state index contributed by atoms with van der Waals surface area (Å²) in [4.78, 5) is 15.4. The maximum absolute atomic E-state index is 12.7. The van der Waals surface area contributed by atoms with Crippen LogP contribution in [-0.2, 0) is 4.74 Å². The van der Waals surface area contributed by atoms with Crippen molar-refractivity contribution in [1.82, 2.24) is 0 Å². The molecule has 0 saturated carbocycles. The predicted molar refractivity (Wildman–Crippen MR) is 124 cm³/mol. The fraction of sp³-hybridized carbons (Fsp3) is 0.370. The van der Waals surface area contributed by atoms with Gasteiger partial charge in [0, 0.05) is 29.1 Å². The van der Waals surface area contributed by atoms with Gasteiger partial charge in [0.25, 0.3) is 0 Å². The number of ether oxygens (including phenoxy) is 1. The minimum Gasteiger partial charge on any atom is -0.462 e. The van der Waals surface area contributed by atoms with Crippen LogP contribution in [0.1, 0.15) is 64.7 Å². The van der Waals surface area contributed by atoms with Gasteiger partial charge in [-0.15, -0.1) is 0 Å². The van der Waals surface area contributed by atoms with E-state index in [1.54, 1.807) is 0 Å². The molecule has 3 nitrogen and oxygen atoms in total. The van der Waals surface area contributed by atoms with Gasteiger partial charge in [0.15, 0.2) is 0 Å². The molecule has 2 aromatic carbocycles. The van der Waals surface area contributed by atoms with Crippen LogP contribution in [0.5, 0.6) is 0 Å². The molecule has 0 bridgehead atoms. The van der Waals surface area contributed by atoms with E-state index in [4.69, 9.17) is 16.3 Å². The minimum absolute atomic E-state index is 0.212. The van der Waals surface area contributed by atoms with Crippen LogP contribution in [-0.4, -0.2) is 19.1 Å². The summed E-state index contributed by atoms with van der Waals surface area (Å²) >= 11 is 6.22. The zero-order chi connectivity index (χ0) is 21.1. The number of hydrogen-bond acceptors (Lipinski definition) is 3. The lowest BCUT2D eigenvalue weighted by Gasteiger charge is -2.51. The van der Waals surface area contributed by atoms with E-state index in [0.717, 1.165) is 24.4 Å². The van der Waals surface area contributed by atoms with Crippen molar-refractivity contribution in [1.29, 1.82) is 0 Å². The number of esters is 1. The number of rotatable bonds is 3. The van der Waals surface area contributed by atoms with Crippen molar-refractivity contribution in [3.05, 3.63) is 88.0 Å². The van der Waals surface area contributed by atoms with Gasteiger partial charge in [0.2, 0.25) is 0 Å². The standard InChI is InChI=1S/C27H26ClNO2/c1-2-31-27(30)18-13-23-20-6-3-5-17(20)15-29-25(16-9-11-19(28)12-10-16)22-8-4-7-21(22)24(14-18)26(23)29/h3-4,6-7,9-14,17,20-22,25H,2,5,8,15H2,1H3/t17-,20+,21-,22+,25+/m1/s1. The monoisotopic (exact) mass is 431 g/mol. The molecule has 2 aromatic rings. The number of carbonyl (C=O) groups excluding carboxylic acids is 1. The Hall–Kier alpha value is -2.52. The molecular weight excluding hydrogens is 406 g/mol. The number of halogens is 1. The molecule has 2 heterocycles. The van der Waals surface area contributed by atoms with E-state index in [2.05, 4.69) is 53.5 Å². The normalized spacial score (nSPS) is 29.5. The summed E-state index contributed by atoms with van der Waals surface area (Å²) in [7, 11) is 0. The number of allylic oxidation sites excluding steroid dienone is 4. The summed E-state index contributed by atoms with van der Waals surface area (Å²) in [6.07, 6.45) is 11.5. The van der Waals surface area contributed by atoms with Gasteiger partial charge in [-0.05, 0) is 72.6 Å². The lowest BCUT2D eigenvalue weighted by Crippen LogP contribution is -2.46. The van der Waals surface area contributed by atoms with Gasteiger partial charge in [-0.2, -0.15) is 0 Å². The van der Waals surface area contributed by atoms with E-state index in [1.807, 2.05) is 19.1 Å². The zero-order valence-corrected chi connectivity index (χ0v) is 18.4. The van der Waals surface area contributed by atoms with Crippen LogP contribution in [0.2, 0.25) is 5.02 Å². The molecule has 2 aliphatic carbocycles. The van der Waals surface area contributed by atoms with Crippen LogP contribution in [0, 0.1) is 11.8 Å². The first kappa shape index (κ1) is 19.2. The van der Waals surface area contributed by atoms with E-state index >= 15 is 0 Å². The fourth-order valence-corrected chi connectivity index (χ4v) is 6.47. The van der Waals surface area contributed by atoms with Gasteiger partial charge in [0.05, 0.1) is 18.2 Å². The highest BCUT2D eigenvalue weighted by Crippen LogP contribution is 2.59. The molecule has 158 valence electrons. The summed E-state index contributed by atoms with van der Waals surface area (Å²) in [5, 5.41) is 0.777. The molecule has 4 aliphatic rings. The third-order valence-electron chi connectivity index (χ3n) is 7.57. The van der Waals surface area contributed by atoms with Crippen LogP contribution < -0.4 is 4.90 Å². The Labute approximate surface area is 188 Å². The number of carbonyl (C=O) groups is 1. The molecule has 0 radical (unpaired) electrons. The summed E-state index contributed by atoms with van der Waals surface area (Å²) in [5.41, 5.74) is 5.96. The predicted octanol–water partition coefficient (Wildman–Crippen LogP) is 6.41. The lowest BCUT2D eigenvalue weighted by atomic mass is 9.70. The van der Waals surface area contributed by atoms with Crippen molar-refractivity contribution in [2.75, 3.05) is 18.1 Å². The molecular formula is C27H26ClNO2. The van der Waals surface area contributed by atoms with Crippen LogP contribution >= 0.6 is 11.6 Å². The number of benzene rings is 2. The molecule has 2 aliphatic heterocycles. The number of fused-ring (bicyclic) bond motifs is 4. The Morgan fingerprint density at radius 1 is 1.06 bits per heavy atom. The molecule has 0 fully saturated rings. The van der Waals surface area contributed by atoms with Gasteiger partial charge < -0.3 is 9.64 Å². The first-order chi connectivity index (χ1) is 15.2. The first-order valence-corrected chi connectivity index (χ1v) is 11.7. The summed E-state index contributed by atoms with van der Waals surface area (Å²) in [5.74, 6) is 1.51.